The summed E-state index contributed by atoms with van der Waals surface area (Å²) >= 11 is 0. The third-order valence-corrected chi connectivity index (χ3v) is 3.67. The molecule has 0 spiro atoms. The first-order valence-corrected chi connectivity index (χ1v) is 7.97. The van der Waals surface area contributed by atoms with E-state index in [0.29, 0.717) is 24.6 Å². The molecule has 5 heteroatoms. The second-order valence-electron chi connectivity index (χ2n) is 6.06. The largest absolute Gasteiger partial charge is 0.481 e. The predicted octanol–water partition coefficient (Wildman–Crippen LogP) is 2.67. The third kappa shape index (κ3) is 5.13. The topological polar surface area (TPSA) is 56.1 Å². The Labute approximate surface area is 137 Å². The fourth-order valence-electron chi connectivity index (χ4n) is 2.24. The van der Waals surface area contributed by atoms with Crippen LogP contribution in [0.5, 0.6) is 5.75 Å². The first-order chi connectivity index (χ1) is 11.0. The minimum Gasteiger partial charge on any atom is -0.481 e. The van der Waals surface area contributed by atoms with Crippen molar-refractivity contribution in [1.29, 1.82) is 0 Å². The predicted molar refractivity (Wildman–Crippen MR) is 90.5 cm³/mol. The fourth-order valence-corrected chi connectivity index (χ4v) is 2.24. The van der Waals surface area contributed by atoms with Gasteiger partial charge >= 0.3 is 0 Å². The van der Waals surface area contributed by atoms with Gasteiger partial charge in [0.15, 0.2) is 6.10 Å². The third-order valence-electron chi connectivity index (χ3n) is 3.67. The number of aryl methyl sites for hydroxylation is 1. The minimum absolute atomic E-state index is 0.117. The minimum atomic E-state index is -0.524. The number of nitrogens with one attached hydrogen (secondary N) is 1. The van der Waals surface area contributed by atoms with Crippen LogP contribution in [0.1, 0.15) is 37.9 Å². The summed E-state index contributed by atoms with van der Waals surface area (Å²) in [4.78, 5) is 16.3. The van der Waals surface area contributed by atoms with E-state index in [1.54, 1.807) is 13.3 Å². The van der Waals surface area contributed by atoms with Crippen molar-refractivity contribution in [2.45, 2.75) is 39.2 Å². The molecule has 0 saturated heterocycles. The van der Waals surface area contributed by atoms with E-state index in [-0.39, 0.29) is 5.91 Å². The molecule has 0 aliphatic heterocycles. The van der Waals surface area contributed by atoms with Crippen LogP contribution in [0.15, 0.2) is 36.8 Å². The molecule has 5 nitrogen and oxygen atoms in total. The SMILES string of the molecule is CC(Oc1ccc(C(C)C)cc1)C(=O)NCCc1cn(C)cn1. The fraction of sp³-hybridized carbons (Fsp3) is 0.444. The van der Waals surface area contributed by atoms with E-state index in [1.165, 1.54) is 5.56 Å². The van der Waals surface area contributed by atoms with Gasteiger partial charge in [0, 0.05) is 26.2 Å². The molecule has 1 atom stereocenters. The van der Waals surface area contributed by atoms with Gasteiger partial charge in [-0.1, -0.05) is 26.0 Å². The van der Waals surface area contributed by atoms with Gasteiger partial charge in [-0.05, 0) is 30.5 Å². The average molecular weight is 315 g/mol. The van der Waals surface area contributed by atoms with E-state index in [9.17, 15) is 4.79 Å². The number of carbonyl (C=O) groups is 1. The number of nitrogens with zero attached hydrogens (tertiary/aromatic N) is 2. The summed E-state index contributed by atoms with van der Waals surface area (Å²) in [5, 5.41) is 2.88. The number of ether oxygens (including phenoxy) is 1. The van der Waals surface area contributed by atoms with Gasteiger partial charge < -0.3 is 14.6 Å². The number of rotatable bonds is 7. The van der Waals surface area contributed by atoms with Crippen LogP contribution in [0.3, 0.4) is 0 Å². The maximum Gasteiger partial charge on any atom is 0.260 e. The molecule has 1 aromatic heterocycles. The molecule has 1 aromatic carbocycles. The molecule has 0 radical (unpaired) electrons. The molecule has 124 valence electrons. The number of hydrogen-bond donors (Lipinski definition) is 1. The summed E-state index contributed by atoms with van der Waals surface area (Å²) in [6.45, 7) is 6.60. The zero-order chi connectivity index (χ0) is 16.8. The Bertz CT molecular complexity index is 632. The smallest absolute Gasteiger partial charge is 0.260 e. The lowest BCUT2D eigenvalue weighted by molar-refractivity contribution is -0.127. The van der Waals surface area contributed by atoms with E-state index >= 15 is 0 Å². The van der Waals surface area contributed by atoms with E-state index in [1.807, 2.05) is 42.1 Å². The van der Waals surface area contributed by atoms with E-state index < -0.39 is 6.10 Å². The van der Waals surface area contributed by atoms with Crippen LogP contribution in [0, 0.1) is 0 Å². The van der Waals surface area contributed by atoms with E-state index in [4.69, 9.17) is 4.74 Å². The van der Waals surface area contributed by atoms with Crippen molar-refractivity contribution in [2.75, 3.05) is 6.54 Å². The van der Waals surface area contributed by atoms with Crippen LogP contribution in [-0.2, 0) is 18.3 Å². The van der Waals surface area contributed by atoms with Crippen LogP contribution in [0.2, 0.25) is 0 Å². The van der Waals surface area contributed by atoms with Gasteiger partial charge in [-0.15, -0.1) is 0 Å². The van der Waals surface area contributed by atoms with Crippen molar-refractivity contribution in [1.82, 2.24) is 14.9 Å². The summed E-state index contributed by atoms with van der Waals surface area (Å²) in [5.74, 6) is 1.08. The number of imidazole rings is 1. The first-order valence-electron chi connectivity index (χ1n) is 7.97. The molecule has 2 rings (SSSR count). The number of carbonyl (C=O) groups excluding carboxylic acids is 1. The molecular formula is C18H25N3O2. The molecule has 0 fully saturated rings. The van der Waals surface area contributed by atoms with E-state index in [2.05, 4.69) is 24.1 Å². The van der Waals surface area contributed by atoms with E-state index in [0.717, 1.165) is 5.69 Å². The highest BCUT2D eigenvalue weighted by molar-refractivity contribution is 5.80. The maximum atomic E-state index is 12.1. The number of hydrogen-bond acceptors (Lipinski definition) is 3. The van der Waals surface area contributed by atoms with Crippen molar-refractivity contribution in [3.05, 3.63) is 48.0 Å². The molecule has 0 aliphatic rings. The van der Waals surface area contributed by atoms with Crippen molar-refractivity contribution >= 4 is 5.91 Å². The van der Waals surface area contributed by atoms with Crippen LogP contribution in [0.25, 0.3) is 0 Å². The molecule has 23 heavy (non-hydrogen) atoms. The van der Waals surface area contributed by atoms with Gasteiger partial charge in [0.2, 0.25) is 0 Å². The lowest BCUT2D eigenvalue weighted by atomic mass is 10.0. The van der Waals surface area contributed by atoms with Crippen LogP contribution >= 0.6 is 0 Å². The molecule has 2 aromatic rings. The zero-order valence-corrected chi connectivity index (χ0v) is 14.2. The lowest BCUT2D eigenvalue weighted by Crippen LogP contribution is -2.37. The zero-order valence-electron chi connectivity index (χ0n) is 14.2. The number of amides is 1. The highest BCUT2D eigenvalue weighted by Gasteiger charge is 2.14. The summed E-state index contributed by atoms with van der Waals surface area (Å²) in [6, 6.07) is 7.89. The number of aromatic nitrogens is 2. The van der Waals surface area contributed by atoms with Gasteiger partial charge in [-0.25, -0.2) is 4.98 Å². The van der Waals surface area contributed by atoms with Gasteiger partial charge in [0.05, 0.1) is 12.0 Å². The van der Waals surface area contributed by atoms with Crippen molar-refractivity contribution in [2.24, 2.45) is 7.05 Å². The highest BCUT2D eigenvalue weighted by Crippen LogP contribution is 2.19. The Morgan fingerprint density at radius 1 is 1.26 bits per heavy atom. The molecule has 1 unspecified atom stereocenters. The Balaban J connectivity index is 1.77. The Morgan fingerprint density at radius 3 is 2.52 bits per heavy atom. The highest BCUT2D eigenvalue weighted by atomic mass is 16.5. The molecule has 1 N–H and O–H groups in total. The van der Waals surface area contributed by atoms with Gasteiger partial charge in [-0.2, -0.15) is 0 Å². The van der Waals surface area contributed by atoms with Crippen molar-refractivity contribution in [3.8, 4) is 5.75 Å². The molecule has 1 amide bonds. The lowest BCUT2D eigenvalue weighted by Gasteiger charge is -2.15. The summed E-state index contributed by atoms with van der Waals surface area (Å²) < 4.78 is 7.58. The first kappa shape index (κ1) is 17.1. The van der Waals surface area contributed by atoms with Crippen molar-refractivity contribution in [3.63, 3.8) is 0 Å². The normalized spacial score (nSPS) is 12.2. The maximum absolute atomic E-state index is 12.1. The number of benzene rings is 1. The molecular weight excluding hydrogens is 290 g/mol. The Kier molecular flexibility index (Phi) is 5.79. The second-order valence-corrected chi connectivity index (χ2v) is 6.06. The molecule has 1 heterocycles. The standard InChI is InChI=1S/C18H25N3O2/c1-13(2)15-5-7-17(8-6-15)23-14(3)18(22)19-10-9-16-11-21(4)12-20-16/h5-8,11-14H,9-10H2,1-4H3,(H,19,22). The van der Waals surface area contributed by atoms with Gasteiger partial charge in [0.25, 0.3) is 5.91 Å². The van der Waals surface area contributed by atoms with Crippen LogP contribution in [-0.4, -0.2) is 28.1 Å². The van der Waals surface area contributed by atoms with Crippen LogP contribution in [0.4, 0.5) is 0 Å². The summed E-state index contributed by atoms with van der Waals surface area (Å²) in [7, 11) is 1.93. The van der Waals surface area contributed by atoms with Crippen LogP contribution < -0.4 is 10.1 Å². The molecule has 0 saturated carbocycles. The Hall–Kier alpha value is -2.30. The quantitative estimate of drug-likeness (QED) is 0.854. The molecule has 0 aliphatic carbocycles. The second kappa shape index (κ2) is 7.81. The van der Waals surface area contributed by atoms with Gasteiger partial charge in [-0.3, -0.25) is 4.79 Å². The van der Waals surface area contributed by atoms with Crippen molar-refractivity contribution < 1.29 is 9.53 Å². The summed E-state index contributed by atoms with van der Waals surface area (Å²) in [6.07, 6.45) is 3.89. The Morgan fingerprint density at radius 2 is 1.96 bits per heavy atom. The average Bonchev–Trinajstić information content (AvgIpc) is 2.93. The van der Waals surface area contributed by atoms with Gasteiger partial charge in [0.1, 0.15) is 5.75 Å². The molecule has 0 bridgehead atoms. The monoisotopic (exact) mass is 315 g/mol. The summed E-state index contributed by atoms with van der Waals surface area (Å²) in [5.41, 5.74) is 2.22.